The second kappa shape index (κ2) is 6.34. The van der Waals surface area contributed by atoms with Crippen molar-refractivity contribution in [1.82, 2.24) is 0 Å². The molecule has 17 heavy (non-hydrogen) atoms. The Hall–Kier alpha value is -1.43. The molecular formula is C11H14BrNO4. The Morgan fingerprint density at radius 2 is 2.18 bits per heavy atom. The molecule has 3 N–H and O–H groups in total. The van der Waals surface area contributed by atoms with E-state index in [0.29, 0.717) is 18.1 Å². The van der Waals surface area contributed by atoms with Crippen molar-refractivity contribution in [1.29, 1.82) is 0 Å². The highest BCUT2D eigenvalue weighted by Gasteiger charge is 2.14. The number of methoxy groups -OCH3 is 1. The lowest BCUT2D eigenvalue weighted by Crippen LogP contribution is -2.06. The molecule has 0 saturated heterocycles. The highest BCUT2D eigenvalue weighted by molar-refractivity contribution is 9.09. The summed E-state index contributed by atoms with van der Waals surface area (Å²) in [6.07, 6.45) is 0.837. The zero-order valence-corrected chi connectivity index (χ0v) is 11.0. The molecule has 1 rings (SSSR count). The molecule has 0 saturated carbocycles. The zero-order valence-electron chi connectivity index (χ0n) is 9.40. The zero-order chi connectivity index (χ0) is 12.8. The average Bonchev–Trinajstić information content (AvgIpc) is 2.29. The highest BCUT2D eigenvalue weighted by Crippen LogP contribution is 2.32. The SMILES string of the molecule is COc1cc(C(=O)O)c(N)cc1OCCCBr. The lowest BCUT2D eigenvalue weighted by molar-refractivity contribution is 0.0697. The van der Waals surface area contributed by atoms with Crippen molar-refractivity contribution in [3.8, 4) is 11.5 Å². The smallest absolute Gasteiger partial charge is 0.337 e. The minimum atomic E-state index is -1.09. The van der Waals surface area contributed by atoms with E-state index in [1.807, 2.05) is 0 Å². The van der Waals surface area contributed by atoms with Gasteiger partial charge in [0.05, 0.1) is 25.0 Å². The molecule has 1 aromatic rings. The van der Waals surface area contributed by atoms with E-state index in [4.69, 9.17) is 20.3 Å². The van der Waals surface area contributed by atoms with Gasteiger partial charge in [-0.05, 0) is 6.42 Å². The van der Waals surface area contributed by atoms with Crippen molar-refractivity contribution < 1.29 is 19.4 Å². The molecule has 6 heteroatoms. The first-order valence-corrected chi connectivity index (χ1v) is 6.12. The number of aromatic carboxylic acids is 1. The van der Waals surface area contributed by atoms with Crippen LogP contribution in [0.3, 0.4) is 0 Å². The van der Waals surface area contributed by atoms with Crippen LogP contribution in [0.25, 0.3) is 0 Å². The van der Waals surface area contributed by atoms with Crippen LogP contribution in [0, 0.1) is 0 Å². The lowest BCUT2D eigenvalue weighted by Gasteiger charge is -2.12. The first-order valence-electron chi connectivity index (χ1n) is 4.99. The molecule has 5 nitrogen and oxygen atoms in total. The fraction of sp³-hybridized carbons (Fsp3) is 0.364. The van der Waals surface area contributed by atoms with Crippen LogP contribution in [0.5, 0.6) is 11.5 Å². The molecule has 0 radical (unpaired) electrons. The summed E-state index contributed by atoms with van der Waals surface area (Å²) < 4.78 is 10.5. The van der Waals surface area contributed by atoms with Crippen LogP contribution in [-0.2, 0) is 0 Å². The van der Waals surface area contributed by atoms with Crippen molar-refractivity contribution in [2.75, 3.05) is 24.8 Å². The predicted molar refractivity (Wildman–Crippen MR) is 68.3 cm³/mol. The Morgan fingerprint density at radius 1 is 1.47 bits per heavy atom. The van der Waals surface area contributed by atoms with Gasteiger partial charge in [-0.1, -0.05) is 15.9 Å². The van der Waals surface area contributed by atoms with Crippen LogP contribution in [-0.4, -0.2) is 30.1 Å². The molecule has 0 aromatic heterocycles. The molecule has 94 valence electrons. The van der Waals surface area contributed by atoms with E-state index in [1.54, 1.807) is 0 Å². The summed E-state index contributed by atoms with van der Waals surface area (Å²) in [5, 5.41) is 9.74. The summed E-state index contributed by atoms with van der Waals surface area (Å²) in [6.45, 7) is 0.507. The van der Waals surface area contributed by atoms with Gasteiger partial charge >= 0.3 is 5.97 Å². The van der Waals surface area contributed by atoms with Crippen LogP contribution >= 0.6 is 15.9 Å². The van der Waals surface area contributed by atoms with Gasteiger partial charge in [0.25, 0.3) is 0 Å². The molecule has 0 heterocycles. The summed E-state index contributed by atoms with van der Waals surface area (Å²) in [6, 6.07) is 2.83. The number of carbonyl (C=O) groups is 1. The van der Waals surface area contributed by atoms with E-state index in [-0.39, 0.29) is 11.3 Å². The van der Waals surface area contributed by atoms with Gasteiger partial charge < -0.3 is 20.3 Å². The number of rotatable bonds is 6. The second-order valence-corrected chi connectivity index (χ2v) is 4.08. The maximum Gasteiger partial charge on any atom is 0.337 e. The molecular weight excluding hydrogens is 290 g/mol. The number of carboxylic acids is 1. The van der Waals surface area contributed by atoms with Gasteiger partial charge in [-0.25, -0.2) is 4.79 Å². The van der Waals surface area contributed by atoms with Crippen molar-refractivity contribution in [3.63, 3.8) is 0 Å². The van der Waals surface area contributed by atoms with E-state index in [9.17, 15) is 4.79 Å². The van der Waals surface area contributed by atoms with E-state index in [1.165, 1.54) is 19.2 Å². The number of anilines is 1. The Morgan fingerprint density at radius 3 is 2.71 bits per heavy atom. The number of benzene rings is 1. The number of hydrogen-bond donors (Lipinski definition) is 2. The van der Waals surface area contributed by atoms with Crippen LogP contribution in [0.15, 0.2) is 12.1 Å². The first-order chi connectivity index (χ1) is 8.10. The maximum atomic E-state index is 10.9. The number of nitrogen functional groups attached to an aromatic ring is 1. The molecule has 1 aromatic carbocycles. The predicted octanol–water partition coefficient (Wildman–Crippen LogP) is 2.14. The minimum Gasteiger partial charge on any atom is -0.493 e. The topological polar surface area (TPSA) is 81.8 Å². The van der Waals surface area contributed by atoms with Crippen molar-refractivity contribution >= 4 is 27.6 Å². The molecule has 0 bridgehead atoms. The molecule has 0 amide bonds. The van der Waals surface area contributed by atoms with E-state index < -0.39 is 5.97 Å². The van der Waals surface area contributed by atoms with Crippen LogP contribution in [0.4, 0.5) is 5.69 Å². The average molecular weight is 304 g/mol. The molecule has 0 spiro atoms. The Balaban J connectivity index is 2.97. The van der Waals surface area contributed by atoms with Gasteiger partial charge in [0.1, 0.15) is 0 Å². The molecule has 0 aliphatic carbocycles. The number of carboxylic acid groups (broad SMARTS) is 1. The second-order valence-electron chi connectivity index (χ2n) is 3.29. The van der Waals surface area contributed by atoms with Crippen molar-refractivity contribution in [3.05, 3.63) is 17.7 Å². The Labute approximate surface area is 108 Å². The van der Waals surface area contributed by atoms with Crippen molar-refractivity contribution in [2.24, 2.45) is 0 Å². The van der Waals surface area contributed by atoms with Gasteiger partial charge in [-0.2, -0.15) is 0 Å². The lowest BCUT2D eigenvalue weighted by atomic mass is 10.1. The highest BCUT2D eigenvalue weighted by atomic mass is 79.9. The van der Waals surface area contributed by atoms with Gasteiger partial charge in [-0.15, -0.1) is 0 Å². The fourth-order valence-electron chi connectivity index (χ4n) is 1.27. The van der Waals surface area contributed by atoms with Crippen LogP contribution < -0.4 is 15.2 Å². The third-order valence-corrected chi connectivity index (χ3v) is 2.66. The standard InChI is InChI=1S/C11H14BrNO4/c1-16-9-5-7(11(14)15)8(13)6-10(9)17-4-2-3-12/h5-6H,2-4,13H2,1H3,(H,14,15). The normalized spacial score (nSPS) is 10.0. The number of halogens is 1. The maximum absolute atomic E-state index is 10.9. The number of hydrogen-bond acceptors (Lipinski definition) is 4. The molecule has 0 atom stereocenters. The van der Waals surface area contributed by atoms with Crippen LogP contribution in [0.2, 0.25) is 0 Å². The summed E-state index contributed by atoms with van der Waals surface area (Å²) >= 11 is 3.29. The van der Waals surface area contributed by atoms with Crippen molar-refractivity contribution in [2.45, 2.75) is 6.42 Å². The first kappa shape index (κ1) is 13.6. The van der Waals surface area contributed by atoms with Gasteiger partial charge in [0, 0.05) is 17.5 Å². The largest absolute Gasteiger partial charge is 0.493 e. The van der Waals surface area contributed by atoms with Gasteiger partial charge in [-0.3, -0.25) is 0 Å². The summed E-state index contributed by atoms with van der Waals surface area (Å²) in [7, 11) is 1.45. The Kier molecular flexibility index (Phi) is 5.09. The van der Waals surface area contributed by atoms with Crippen LogP contribution in [0.1, 0.15) is 16.8 Å². The van der Waals surface area contributed by atoms with Gasteiger partial charge in [0.2, 0.25) is 0 Å². The third-order valence-electron chi connectivity index (χ3n) is 2.10. The molecule has 0 fully saturated rings. The summed E-state index contributed by atoms with van der Waals surface area (Å²) in [5.41, 5.74) is 5.79. The Bertz CT molecular complexity index is 409. The van der Waals surface area contributed by atoms with E-state index >= 15 is 0 Å². The summed E-state index contributed by atoms with van der Waals surface area (Å²) in [5.74, 6) is -0.269. The van der Waals surface area contributed by atoms with E-state index in [0.717, 1.165) is 11.8 Å². The fourth-order valence-corrected chi connectivity index (χ4v) is 1.50. The third kappa shape index (κ3) is 3.52. The molecule has 0 aliphatic heterocycles. The number of alkyl halides is 1. The number of ether oxygens (including phenoxy) is 2. The molecule has 0 aliphatic rings. The quantitative estimate of drug-likeness (QED) is 0.478. The summed E-state index contributed by atoms with van der Waals surface area (Å²) in [4.78, 5) is 10.9. The van der Waals surface area contributed by atoms with Gasteiger partial charge in [0.15, 0.2) is 11.5 Å². The molecule has 0 unspecified atom stereocenters. The monoisotopic (exact) mass is 303 g/mol. The number of nitrogens with two attached hydrogens (primary N) is 1. The minimum absolute atomic E-state index is 0.00897. The van der Waals surface area contributed by atoms with E-state index in [2.05, 4.69) is 15.9 Å².